The van der Waals surface area contributed by atoms with Crippen LogP contribution in [0.5, 0.6) is 0 Å². The van der Waals surface area contributed by atoms with Gasteiger partial charge < -0.3 is 10.1 Å². The number of H-pyrrole nitrogens is 1. The molecule has 27 heavy (non-hydrogen) atoms. The molecule has 3 aromatic rings. The van der Waals surface area contributed by atoms with E-state index in [0.717, 1.165) is 11.1 Å². The van der Waals surface area contributed by atoms with E-state index in [1.807, 2.05) is 26.0 Å². The number of aromatic amines is 1. The molecule has 7 nitrogen and oxygen atoms in total. The van der Waals surface area contributed by atoms with Gasteiger partial charge in [0.05, 0.1) is 5.39 Å². The van der Waals surface area contributed by atoms with Crippen LogP contribution in [-0.4, -0.2) is 28.2 Å². The molecule has 0 saturated carbocycles. The summed E-state index contributed by atoms with van der Waals surface area (Å²) in [5, 5.41) is 9.50. The van der Waals surface area contributed by atoms with Crippen molar-refractivity contribution in [2.24, 2.45) is 0 Å². The quantitative estimate of drug-likeness (QED) is 0.692. The Labute approximate surface area is 155 Å². The monoisotopic (exact) mass is 365 g/mol. The summed E-state index contributed by atoms with van der Waals surface area (Å²) >= 11 is 0. The van der Waals surface area contributed by atoms with Gasteiger partial charge in [0.1, 0.15) is 0 Å². The highest BCUT2D eigenvalue weighted by molar-refractivity contribution is 6.03. The number of esters is 1. The lowest BCUT2D eigenvalue weighted by Crippen LogP contribution is -2.31. The molecule has 138 valence electrons. The average molecular weight is 365 g/mol. The molecule has 0 aliphatic carbocycles. The summed E-state index contributed by atoms with van der Waals surface area (Å²) in [7, 11) is 0. The fraction of sp³-hybridized carbons (Fsp3) is 0.200. The first-order valence-corrected chi connectivity index (χ1v) is 8.43. The van der Waals surface area contributed by atoms with Crippen LogP contribution in [0.2, 0.25) is 0 Å². The standard InChI is InChI=1S/C20H19N3O4/c1-11-8-9-16(12(2)10-11)21-18(24)13(3)27-20(26)17-14-6-4-5-7-15(14)19(25)23-22-17/h4-10,13H,1-3H3,(H,21,24)(H,23,25)/t13-/m1/s1. The number of ether oxygens (including phenoxy) is 1. The fourth-order valence-electron chi connectivity index (χ4n) is 2.73. The van der Waals surface area contributed by atoms with Gasteiger partial charge in [0.15, 0.2) is 11.8 Å². The van der Waals surface area contributed by atoms with E-state index < -0.39 is 23.5 Å². The molecule has 0 aliphatic rings. The minimum atomic E-state index is -1.04. The smallest absolute Gasteiger partial charge is 0.360 e. The normalized spacial score (nSPS) is 11.8. The number of anilines is 1. The molecule has 1 amide bonds. The van der Waals surface area contributed by atoms with Gasteiger partial charge in [-0.3, -0.25) is 9.59 Å². The lowest BCUT2D eigenvalue weighted by molar-refractivity contribution is -0.123. The van der Waals surface area contributed by atoms with Crippen molar-refractivity contribution in [1.29, 1.82) is 0 Å². The molecule has 0 bridgehead atoms. The van der Waals surface area contributed by atoms with E-state index >= 15 is 0 Å². The van der Waals surface area contributed by atoms with Gasteiger partial charge in [-0.25, -0.2) is 9.89 Å². The maximum Gasteiger partial charge on any atom is 0.360 e. The number of aryl methyl sites for hydroxylation is 2. The summed E-state index contributed by atoms with van der Waals surface area (Å²) in [6.07, 6.45) is -1.04. The molecule has 2 aromatic carbocycles. The number of benzene rings is 2. The molecule has 0 spiro atoms. The minimum Gasteiger partial charge on any atom is -0.448 e. The molecule has 2 N–H and O–H groups in total. The number of aromatic nitrogens is 2. The Morgan fingerprint density at radius 3 is 2.52 bits per heavy atom. The third-order valence-electron chi connectivity index (χ3n) is 4.18. The first-order chi connectivity index (χ1) is 12.9. The van der Waals surface area contributed by atoms with Crippen molar-refractivity contribution in [3.8, 4) is 0 Å². The van der Waals surface area contributed by atoms with Gasteiger partial charge in [0.25, 0.3) is 11.5 Å². The Morgan fingerprint density at radius 2 is 1.81 bits per heavy atom. The van der Waals surface area contributed by atoms with E-state index in [2.05, 4.69) is 15.5 Å². The molecule has 0 unspecified atom stereocenters. The number of nitrogens with one attached hydrogen (secondary N) is 2. The van der Waals surface area contributed by atoms with Crippen LogP contribution in [0.4, 0.5) is 5.69 Å². The molecule has 0 saturated heterocycles. The molecule has 7 heteroatoms. The summed E-state index contributed by atoms with van der Waals surface area (Å²) in [5.74, 6) is -1.24. The van der Waals surface area contributed by atoms with E-state index in [9.17, 15) is 14.4 Å². The van der Waals surface area contributed by atoms with E-state index in [0.29, 0.717) is 16.5 Å². The van der Waals surface area contributed by atoms with Gasteiger partial charge in [0.2, 0.25) is 0 Å². The summed E-state index contributed by atoms with van der Waals surface area (Å²) in [4.78, 5) is 36.6. The number of nitrogens with zero attached hydrogens (tertiary/aromatic N) is 1. The van der Waals surface area contributed by atoms with Crippen molar-refractivity contribution >= 4 is 28.3 Å². The number of rotatable bonds is 4. The Balaban J connectivity index is 1.77. The molecule has 1 aromatic heterocycles. The lowest BCUT2D eigenvalue weighted by atomic mass is 10.1. The third kappa shape index (κ3) is 3.87. The van der Waals surface area contributed by atoms with Gasteiger partial charge in [-0.2, -0.15) is 5.10 Å². The molecule has 1 atom stereocenters. The molecule has 1 heterocycles. The summed E-state index contributed by atoms with van der Waals surface area (Å²) in [6.45, 7) is 5.32. The Bertz CT molecular complexity index is 1090. The Hall–Kier alpha value is -3.48. The largest absolute Gasteiger partial charge is 0.448 e. The van der Waals surface area contributed by atoms with Crippen molar-refractivity contribution in [3.63, 3.8) is 0 Å². The molecule has 0 radical (unpaired) electrons. The van der Waals surface area contributed by atoms with Gasteiger partial charge in [-0.15, -0.1) is 0 Å². The highest BCUT2D eigenvalue weighted by Crippen LogP contribution is 2.17. The van der Waals surface area contributed by atoms with E-state index in [4.69, 9.17) is 4.74 Å². The van der Waals surface area contributed by atoms with Crippen LogP contribution in [-0.2, 0) is 9.53 Å². The van der Waals surface area contributed by atoms with Crippen LogP contribution in [0.15, 0.2) is 47.3 Å². The predicted molar refractivity (Wildman–Crippen MR) is 102 cm³/mol. The van der Waals surface area contributed by atoms with Gasteiger partial charge in [-0.1, -0.05) is 35.9 Å². The van der Waals surface area contributed by atoms with Gasteiger partial charge >= 0.3 is 5.97 Å². The number of amides is 1. The number of hydrogen-bond donors (Lipinski definition) is 2. The zero-order valence-electron chi connectivity index (χ0n) is 15.2. The Morgan fingerprint density at radius 1 is 1.11 bits per heavy atom. The number of carbonyl (C=O) groups excluding carboxylic acids is 2. The molecular formula is C20H19N3O4. The summed E-state index contributed by atoms with van der Waals surface area (Å²) in [5.41, 5.74) is 2.21. The molecule has 0 aliphatic heterocycles. The highest BCUT2D eigenvalue weighted by atomic mass is 16.5. The minimum absolute atomic E-state index is 0.0450. The highest BCUT2D eigenvalue weighted by Gasteiger charge is 2.22. The topological polar surface area (TPSA) is 101 Å². The van der Waals surface area contributed by atoms with Crippen molar-refractivity contribution in [3.05, 3.63) is 69.6 Å². The average Bonchev–Trinajstić information content (AvgIpc) is 2.64. The lowest BCUT2D eigenvalue weighted by Gasteiger charge is -2.15. The maximum absolute atomic E-state index is 12.5. The molecule has 0 fully saturated rings. The second-order valence-corrected chi connectivity index (χ2v) is 6.30. The van der Waals surface area contributed by atoms with Crippen LogP contribution in [0.1, 0.15) is 28.5 Å². The van der Waals surface area contributed by atoms with Crippen molar-refractivity contribution in [2.75, 3.05) is 5.32 Å². The van der Waals surface area contributed by atoms with Gasteiger partial charge in [0, 0.05) is 11.1 Å². The second kappa shape index (κ2) is 7.41. The van der Waals surface area contributed by atoms with Crippen LogP contribution in [0.3, 0.4) is 0 Å². The molecular weight excluding hydrogens is 346 g/mol. The van der Waals surface area contributed by atoms with E-state index in [-0.39, 0.29) is 5.69 Å². The zero-order chi connectivity index (χ0) is 19.6. The van der Waals surface area contributed by atoms with Crippen LogP contribution in [0, 0.1) is 13.8 Å². The van der Waals surface area contributed by atoms with E-state index in [1.165, 1.54) is 6.92 Å². The van der Waals surface area contributed by atoms with E-state index in [1.54, 1.807) is 30.3 Å². The van der Waals surface area contributed by atoms with Gasteiger partial charge in [-0.05, 0) is 38.5 Å². The van der Waals surface area contributed by atoms with Crippen LogP contribution >= 0.6 is 0 Å². The number of fused-ring (bicyclic) bond motifs is 1. The number of carbonyl (C=O) groups is 2. The Kier molecular flexibility index (Phi) is 5.03. The van der Waals surface area contributed by atoms with Crippen LogP contribution in [0.25, 0.3) is 10.8 Å². The third-order valence-corrected chi connectivity index (χ3v) is 4.18. The van der Waals surface area contributed by atoms with Crippen molar-refractivity contribution in [1.82, 2.24) is 10.2 Å². The second-order valence-electron chi connectivity index (χ2n) is 6.30. The fourth-order valence-corrected chi connectivity index (χ4v) is 2.73. The van der Waals surface area contributed by atoms with Crippen molar-refractivity contribution in [2.45, 2.75) is 26.9 Å². The maximum atomic E-state index is 12.5. The summed E-state index contributed by atoms with van der Waals surface area (Å²) < 4.78 is 5.25. The SMILES string of the molecule is Cc1ccc(NC(=O)[C@@H](C)OC(=O)c2n[nH]c(=O)c3ccccc23)c(C)c1. The first-order valence-electron chi connectivity index (χ1n) is 8.43. The predicted octanol–water partition coefficient (Wildman–Crippen LogP) is 2.72. The first kappa shape index (κ1) is 18.3. The molecule has 3 rings (SSSR count). The zero-order valence-corrected chi connectivity index (χ0v) is 15.2. The number of hydrogen-bond acceptors (Lipinski definition) is 5. The summed E-state index contributed by atoms with van der Waals surface area (Å²) in [6, 6.07) is 12.2. The van der Waals surface area contributed by atoms with Crippen molar-refractivity contribution < 1.29 is 14.3 Å². The van der Waals surface area contributed by atoms with Crippen LogP contribution < -0.4 is 10.9 Å².